The molecule has 0 aromatic heterocycles. The molecular weight excluding hydrogens is 184 g/mol. The first-order chi connectivity index (χ1) is 6.57. The van der Waals surface area contributed by atoms with Crippen LogP contribution in [0.3, 0.4) is 0 Å². The summed E-state index contributed by atoms with van der Waals surface area (Å²) in [4.78, 5) is 22.1. The molecule has 3 N–H and O–H groups in total. The SMILES string of the molecule is CC/C=C\CCN(CC(N)=O)C(=O)O. The quantitative estimate of drug-likeness (QED) is 0.622. The average molecular weight is 200 g/mol. The molecule has 5 heteroatoms. The molecule has 0 saturated carbocycles. The van der Waals surface area contributed by atoms with Crippen molar-refractivity contribution in [2.24, 2.45) is 5.73 Å². The second kappa shape index (κ2) is 6.94. The van der Waals surface area contributed by atoms with Gasteiger partial charge in [-0.05, 0) is 12.8 Å². The van der Waals surface area contributed by atoms with E-state index < -0.39 is 12.0 Å². The van der Waals surface area contributed by atoms with E-state index in [0.29, 0.717) is 13.0 Å². The molecule has 0 aromatic rings. The third-order valence-corrected chi connectivity index (χ3v) is 1.59. The van der Waals surface area contributed by atoms with Crippen molar-refractivity contribution in [3.05, 3.63) is 12.2 Å². The summed E-state index contributed by atoms with van der Waals surface area (Å²) in [5.41, 5.74) is 4.90. The molecule has 0 spiro atoms. The molecule has 0 radical (unpaired) electrons. The van der Waals surface area contributed by atoms with Crippen LogP contribution in [0, 0.1) is 0 Å². The molecule has 0 saturated heterocycles. The van der Waals surface area contributed by atoms with Crippen LogP contribution < -0.4 is 5.73 Å². The summed E-state index contributed by atoms with van der Waals surface area (Å²) >= 11 is 0. The predicted octanol–water partition coefficient (Wildman–Crippen LogP) is 0.808. The zero-order chi connectivity index (χ0) is 11.0. The van der Waals surface area contributed by atoms with Crippen molar-refractivity contribution in [1.29, 1.82) is 0 Å². The van der Waals surface area contributed by atoms with Gasteiger partial charge in [-0.3, -0.25) is 9.69 Å². The number of nitrogens with two attached hydrogens (primary N) is 1. The zero-order valence-electron chi connectivity index (χ0n) is 8.27. The molecular formula is C9H16N2O3. The molecule has 14 heavy (non-hydrogen) atoms. The van der Waals surface area contributed by atoms with E-state index in [4.69, 9.17) is 10.8 Å². The topological polar surface area (TPSA) is 83.6 Å². The van der Waals surface area contributed by atoms with Crippen LogP contribution in [0.1, 0.15) is 19.8 Å². The maximum atomic E-state index is 10.6. The Morgan fingerprint density at radius 3 is 2.50 bits per heavy atom. The summed E-state index contributed by atoms with van der Waals surface area (Å²) in [6.07, 6.45) is 4.24. The molecule has 0 bridgehead atoms. The van der Waals surface area contributed by atoms with Gasteiger partial charge in [-0.2, -0.15) is 0 Å². The number of carbonyl (C=O) groups excluding carboxylic acids is 1. The molecule has 0 aromatic carbocycles. The van der Waals surface area contributed by atoms with Crippen molar-refractivity contribution in [3.8, 4) is 0 Å². The van der Waals surface area contributed by atoms with Gasteiger partial charge in [-0.25, -0.2) is 4.79 Å². The first kappa shape index (κ1) is 12.5. The minimum absolute atomic E-state index is 0.241. The maximum Gasteiger partial charge on any atom is 0.407 e. The van der Waals surface area contributed by atoms with Crippen molar-refractivity contribution in [1.82, 2.24) is 4.90 Å². The molecule has 5 nitrogen and oxygen atoms in total. The molecule has 2 amide bonds. The van der Waals surface area contributed by atoms with Gasteiger partial charge in [-0.1, -0.05) is 19.1 Å². The molecule has 0 atom stereocenters. The van der Waals surface area contributed by atoms with Gasteiger partial charge in [0.1, 0.15) is 6.54 Å². The predicted molar refractivity (Wildman–Crippen MR) is 52.8 cm³/mol. The second-order valence-electron chi connectivity index (χ2n) is 2.84. The second-order valence-corrected chi connectivity index (χ2v) is 2.84. The third kappa shape index (κ3) is 6.05. The first-order valence-corrected chi connectivity index (χ1v) is 4.49. The van der Waals surface area contributed by atoms with E-state index >= 15 is 0 Å². The molecule has 0 unspecified atom stereocenters. The lowest BCUT2D eigenvalue weighted by Gasteiger charge is -2.15. The van der Waals surface area contributed by atoms with E-state index in [2.05, 4.69) is 0 Å². The highest BCUT2D eigenvalue weighted by Crippen LogP contribution is 1.94. The summed E-state index contributed by atoms with van der Waals surface area (Å²) in [6.45, 7) is 2.05. The number of amides is 2. The number of rotatable bonds is 6. The van der Waals surface area contributed by atoms with Gasteiger partial charge in [0, 0.05) is 6.54 Å². The number of carbonyl (C=O) groups is 2. The Morgan fingerprint density at radius 2 is 2.07 bits per heavy atom. The van der Waals surface area contributed by atoms with Gasteiger partial charge >= 0.3 is 6.09 Å². The Kier molecular flexibility index (Phi) is 6.19. The van der Waals surface area contributed by atoms with Crippen molar-refractivity contribution in [3.63, 3.8) is 0 Å². The smallest absolute Gasteiger partial charge is 0.407 e. The molecule has 0 aliphatic rings. The van der Waals surface area contributed by atoms with E-state index in [9.17, 15) is 9.59 Å². The monoisotopic (exact) mass is 200 g/mol. The van der Waals surface area contributed by atoms with Gasteiger partial charge in [0.15, 0.2) is 0 Å². The highest BCUT2D eigenvalue weighted by Gasteiger charge is 2.12. The normalized spacial score (nSPS) is 10.4. The van der Waals surface area contributed by atoms with Crippen LogP contribution in [0.2, 0.25) is 0 Å². The maximum absolute atomic E-state index is 10.6. The zero-order valence-corrected chi connectivity index (χ0v) is 8.27. The lowest BCUT2D eigenvalue weighted by Crippen LogP contribution is -2.37. The third-order valence-electron chi connectivity index (χ3n) is 1.59. The van der Waals surface area contributed by atoms with E-state index in [0.717, 1.165) is 11.3 Å². The van der Waals surface area contributed by atoms with Gasteiger partial charge < -0.3 is 10.8 Å². The summed E-state index contributed by atoms with van der Waals surface area (Å²) in [5, 5.41) is 8.67. The van der Waals surface area contributed by atoms with E-state index in [1.54, 1.807) is 0 Å². The summed E-state index contributed by atoms with van der Waals surface area (Å²) in [6, 6.07) is 0. The number of primary amides is 1. The number of allylic oxidation sites excluding steroid dienone is 1. The van der Waals surface area contributed by atoms with Crippen LogP contribution in [0.4, 0.5) is 4.79 Å². The average Bonchev–Trinajstić information content (AvgIpc) is 2.09. The molecule has 80 valence electrons. The molecule has 0 aliphatic carbocycles. The van der Waals surface area contributed by atoms with Crippen molar-refractivity contribution in [2.75, 3.05) is 13.1 Å². The molecule has 0 fully saturated rings. The summed E-state index contributed by atoms with van der Waals surface area (Å²) in [5.74, 6) is -0.633. The fourth-order valence-electron chi connectivity index (χ4n) is 0.945. The van der Waals surface area contributed by atoms with Gasteiger partial charge in [0.25, 0.3) is 0 Å². The van der Waals surface area contributed by atoms with Crippen LogP contribution in [0.15, 0.2) is 12.2 Å². The van der Waals surface area contributed by atoms with E-state index in [-0.39, 0.29) is 6.54 Å². The highest BCUT2D eigenvalue weighted by molar-refractivity contribution is 5.80. The van der Waals surface area contributed by atoms with Crippen LogP contribution in [0.25, 0.3) is 0 Å². The summed E-state index contributed by atoms with van der Waals surface area (Å²) in [7, 11) is 0. The molecule has 0 heterocycles. The van der Waals surface area contributed by atoms with Gasteiger partial charge in [0.05, 0.1) is 0 Å². The Labute approximate surface area is 83.2 Å². The van der Waals surface area contributed by atoms with Crippen LogP contribution in [-0.4, -0.2) is 35.1 Å². The minimum atomic E-state index is -1.12. The molecule has 0 aliphatic heterocycles. The Morgan fingerprint density at radius 1 is 1.43 bits per heavy atom. The van der Waals surface area contributed by atoms with Crippen LogP contribution in [-0.2, 0) is 4.79 Å². The Balaban J connectivity index is 3.91. The lowest BCUT2D eigenvalue weighted by atomic mass is 10.3. The number of carboxylic acid groups (broad SMARTS) is 1. The van der Waals surface area contributed by atoms with Gasteiger partial charge in [-0.15, -0.1) is 0 Å². The standard InChI is InChI=1S/C9H16N2O3/c1-2-3-4-5-6-11(9(13)14)7-8(10)12/h3-4H,2,5-7H2,1H3,(H2,10,12)(H,13,14)/b4-3-. The number of nitrogens with zero attached hydrogens (tertiary/aromatic N) is 1. The van der Waals surface area contributed by atoms with Crippen molar-refractivity contribution < 1.29 is 14.7 Å². The van der Waals surface area contributed by atoms with E-state index in [1.165, 1.54) is 0 Å². The Hall–Kier alpha value is -1.52. The first-order valence-electron chi connectivity index (χ1n) is 4.49. The summed E-state index contributed by atoms with van der Waals surface area (Å²) < 4.78 is 0. The van der Waals surface area contributed by atoms with Crippen LogP contribution >= 0.6 is 0 Å². The van der Waals surface area contributed by atoms with Gasteiger partial charge in [0.2, 0.25) is 5.91 Å². The fourth-order valence-corrected chi connectivity index (χ4v) is 0.945. The molecule has 0 rings (SSSR count). The van der Waals surface area contributed by atoms with Crippen molar-refractivity contribution in [2.45, 2.75) is 19.8 Å². The van der Waals surface area contributed by atoms with Crippen LogP contribution in [0.5, 0.6) is 0 Å². The highest BCUT2D eigenvalue weighted by atomic mass is 16.4. The fraction of sp³-hybridized carbons (Fsp3) is 0.556. The minimum Gasteiger partial charge on any atom is -0.465 e. The largest absolute Gasteiger partial charge is 0.465 e. The lowest BCUT2D eigenvalue weighted by molar-refractivity contribution is -0.118. The number of hydrogen-bond donors (Lipinski definition) is 2. The van der Waals surface area contributed by atoms with Crippen molar-refractivity contribution >= 4 is 12.0 Å². The number of hydrogen-bond acceptors (Lipinski definition) is 2. The van der Waals surface area contributed by atoms with E-state index in [1.807, 2.05) is 19.1 Å². The Bertz CT molecular complexity index is 226.